The third kappa shape index (κ3) is 4.98. The number of rotatable bonds is 7. The van der Waals surface area contributed by atoms with Crippen molar-refractivity contribution < 1.29 is 9.39 Å². The largest absolute Gasteiger partial charge is 0.536 e. The molecule has 0 aliphatic heterocycles. The van der Waals surface area contributed by atoms with Gasteiger partial charge in [-0.2, -0.15) is 0 Å². The van der Waals surface area contributed by atoms with Gasteiger partial charge in [0.15, 0.2) is 0 Å². The van der Waals surface area contributed by atoms with Crippen LogP contribution in [0.3, 0.4) is 0 Å². The monoisotopic (exact) mass is 232 g/mol. The Morgan fingerprint density at radius 1 is 1.18 bits per heavy atom. The summed E-state index contributed by atoms with van der Waals surface area (Å²) in [6.45, 7) is 6.98. The van der Waals surface area contributed by atoms with Crippen LogP contribution in [0.15, 0.2) is 42.4 Å². The molecule has 0 unspecified atom stereocenters. The number of benzene rings is 1. The quantitative estimate of drug-likeness (QED) is 0.520. The molecule has 0 atom stereocenters. The summed E-state index contributed by atoms with van der Waals surface area (Å²) < 4.78 is 11.4. The lowest BCUT2D eigenvalue weighted by Crippen LogP contribution is -2.16. The van der Waals surface area contributed by atoms with Gasteiger partial charge in [0.1, 0.15) is 6.61 Å². The van der Waals surface area contributed by atoms with Crippen molar-refractivity contribution in [2.24, 2.45) is 0 Å². The third-order valence-corrected chi connectivity index (χ3v) is 2.65. The maximum atomic E-state index is 5.76. The van der Waals surface area contributed by atoms with E-state index in [4.69, 9.17) is 9.39 Å². The number of hydrogen-bond donors (Lipinski definition) is 0. The average Bonchev–Trinajstić information content (AvgIpc) is 2.40. The summed E-state index contributed by atoms with van der Waals surface area (Å²) >= 11 is 0. The van der Waals surface area contributed by atoms with E-state index in [1.54, 1.807) is 0 Å². The van der Waals surface area contributed by atoms with Gasteiger partial charge in [-0.15, -0.1) is 0 Å². The van der Waals surface area contributed by atoms with Crippen LogP contribution in [0, 0.1) is 0 Å². The van der Waals surface area contributed by atoms with Crippen molar-refractivity contribution in [3.05, 3.63) is 47.9 Å². The lowest BCUT2D eigenvalue weighted by atomic mass is 9.63. The van der Waals surface area contributed by atoms with E-state index in [-0.39, 0.29) is 6.92 Å². The Hall–Kier alpha value is -1.38. The summed E-state index contributed by atoms with van der Waals surface area (Å²) in [4.78, 5) is 0. The summed E-state index contributed by atoms with van der Waals surface area (Å²) in [5, 5.41) is 0. The second-order valence-electron chi connectivity index (χ2n) is 3.94. The summed E-state index contributed by atoms with van der Waals surface area (Å²) in [5.41, 5.74) is 1.15. The molecule has 3 heteroatoms. The maximum absolute atomic E-state index is 5.76. The fraction of sp³-hybridized carbons (Fsp3) is 0.429. The molecule has 0 bridgehead atoms. The number of ether oxygens (including phenoxy) is 1. The molecule has 92 valence electrons. The molecular formula is C14H21BO2. The first-order valence-electron chi connectivity index (χ1n) is 6.29. The lowest BCUT2D eigenvalue weighted by Gasteiger charge is -2.16. The van der Waals surface area contributed by atoms with E-state index in [1.807, 2.05) is 43.3 Å². The fourth-order valence-corrected chi connectivity index (χ4v) is 1.53. The highest BCUT2D eigenvalue weighted by molar-refractivity contribution is 6.51. The Morgan fingerprint density at radius 2 is 1.82 bits per heavy atom. The van der Waals surface area contributed by atoms with Crippen molar-refractivity contribution in [1.82, 2.24) is 0 Å². The summed E-state index contributed by atoms with van der Waals surface area (Å²) in [5.74, 6) is 0.627. The number of allylic oxidation sites excluding steroid dienone is 1. The van der Waals surface area contributed by atoms with Gasteiger partial charge < -0.3 is 9.39 Å². The van der Waals surface area contributed by atoms with Gasteiger partial charge in [-0.1, -0.05) is 44.2 Å². The molecule has 17 heavy (non-hydrogen) atoms. The predicted molar refractivity (Wildman–Crippen MR) is 72.8 cm³/mol. The molecular weight excluding hydrogens is 211 g/mol. The normalized spacial score (nSPS) is 11.1. The minimum absolute atomic E-state index is 0.247. The van der Waals surface area contributed by atoms with Crippen LogP contribution in [0.1, 0.15) is 26.3 Å². The Labute approximate surface area is 105 Å². The topological polar surface area (TPSA) is 18.5 Å². The van der Waals surface area contributed by atoms with Crippen LogP contribution in [0.5, 0.6) is 0 Å². The van der Waals surface area contributed by atoms with Crippen LogP contribution in [0.25, 0.3) is 0 Å². The van der Waals surface area contributed by atoms with Gasteiger partial charge in [-0.05, 0) is 31.2 Å². The van der Waals surface area contributed by atoms with Gasteiger partial charge in [0.2, 0.25) is 0 Å². The second-order valence-corrected chi connectivity index (χ2v) is 3.94. The first kappa shape index (κ1) is 13.7. The highest BCUT2D eigenvalue weighted by atomic mass is 16.7. The van der Waals surface area contributed by atoms with Crippen molar-refractivity contribution in [1.29, 1.82) is 0 Å². The molecule has 0 fully saturated rings. The van der Waals surface area contributed by atoms with Gasteiger partial charge in [-0.3, -0.25) is 0 Å². The zero-order chi connectivity index (χ0) is 12.5. The molecule has 2 nitrogen and oxygen atoms in total. The summed E-state index contributed by atoms with van der Waals surface area (Å²) in [6.07, 6.45) is 3.88. The Bertz CT molecular complexity index is 331. The standard InChI is InChI=1S/C14H21BO2/c1-4-14(17-15(5-2)6-3)16-12-13-10-8-7-9-11-13/h4,7-11H,5-6,12H2,1-3H3/b14-4-. The minimum Gasteiger partial charge on any atom is -0.536 e. The van der Waals surface area contributed by atoms with E-state index >= 15 is 0 Å². The van der Waals surface area contributed by atoms with Gasteiger partial charge >= 0.3 is 6.92 Å². The van der Waals surface area contributed by atoms with E-state index in [0.29, 0.717) is 12.6 Å². The molecule has 0 N–H and O–H groups in total. The first-order chi connectivity index (χ1) is 8.30. The van der Waals surface area contributed by atoms with Crippen LogP contribution in [0.2, 0.25) is 12.6 Å². The second kappa shape index (κ2) is 7.83. The smallest absolute Gasteiger partial charge is 0.361 e. The van der Waals surface area contributed by atoms with E-state index in [2.05, 4.69) is 13.8 Å². The van der Waals surface area contributed by atoms with Crippen LogP contribution in [0.4, 0.5) is 0 Å². The molecule has 0 spiro atoms. The van der Waals surface area contributed by atoms with Gasteiger partial charge in [0.25, 0.3) is 5.95 Å². The molecule has 0 aliphatic rings. The van der Waals surface area contributed by atoms with E-state index in [9.17, 15) is 0 Å². The third-order valence-electron chi connectivity index (χ3n) is 2.65. The Morgan fingerprint density at radius 3 is 2.35 bits per heavy atom. The highest BCUT2D eigenvalue weighted by Crippen LogP contribution is 2.11. The maximum Gasteiger partial charge on any atom is 0.361 e. The van der Waals surface area contributed by atoms with Crippen molar-refractivity contribution >= 4 is 6.92 Å². The number of hydrogen-bond acceptors (Lipinski definition) is 2. The van der Waals surface area contributed by atoms with Crippen molar-refractivity contribution in [2.45, 2.75) is 40.0 Å². The van der Waals surface area contributed by atoms with E-state index in [0.717, 1.165) is 18.2 Å². The predicted octanol–water partition coefficient (Wildman–Crippen LogP) is 4.11. The highest BCUT2D eigenvalue weighted by Gasteiger charge is 2.13. The fourth-order valence-electron chi connectivity index (χ4n) is 1.53. The van der Waals surface area contributed by atoms with Crippen LogP contribution >= 0.6 is 0 Å². The van der Waals surface area contributed by atoms with Gasteiger partial charge in [0, 0.05) is 0 Å². The molecule has 0 saturated heterocycles. The van der Waals surface area contributed by atoms with Gasteiger partial charge in [-0.25, -0.2) is 0 Å². The van der Waals surface area contributed by atoms with Crippen molar-refractivity contribution in [3.8, 4) is 0 Å². The molecule has 0 heterocycles. The Balaban J connectivity index is 2.43. The molecule has 1 aromatic carbocycles. The zero-order valence-electron chi connectivity index (χ0n) is 11.0. The summed E-state index contributed by atoms with van der Waals surface area (Å²) in [6, 6.07) is 10.1. The minimum atomic E-state index is 0.247. The SMILES string of the molecule is C/C=C(/OCc1ccccc1)OB(CC)CC. The van der Waals surface area contributed by atoms with Crippen LogP contribution < -0.4 is 0 Å². The molecule has 1 aromatic rings. The molecule has 0 amide bonds. The molecule has 1 rings (SSSR count). The van der Waals surface area contributed by atoms with E-state index < -0.39 is 0 Å². The first-order valence-corrected chi connectivity index (χ1v) is 6.29. The summed E-state index contributed by atoms with van der Waals surface area (Å²) in [7, 11) is 0. The lowest BCUT2D eigenvalue weighted by molar-refractivity contribution is 0.0937. The molecule has 0 aliphatic carbocycles. The average molecular weight is 232 g/mol. The van der Waals surface area contributed by atoms with Crippen molar-refractivity contribution in [3.63, 3.8) is 0 Å². The van der Waals surface area contributed by atoms with E-state index in [1.165, 1.54) is 0 Å². The Kier molecular flexibility index (Phi) is 6.30. The van der Waals surface area contributed by atoms with Crippen LogP contribution in [-0.2, 0) is 16.0 Å². The molecule has 0 radical (unpaired) electrons. The van der Waals surface area contributed by atoms with Crippen LogP contribution in [-0.4, -0.2) is 6.92 Å². The van der Waals surface area contributed by atoms with Gasteiger partial charge in [0.05, 0.1) is 0 Å². The van der Waals surface area contributed by atoms with Crippen molar-refractivity contribution in [2.75, 3.05) is 0 Å². The molecule has 0 saturated carbocycles. The molecule has 0 aromatic heterocycles. The zero-order valence-corrected chi connectivity index (χ0v) is 11.0.